The van der Waals surface area contributed by atoms with Crippen LogP contribution in [0.25, 0.3) is 0 Å². The Morgan fingerprint density at radius 3 is 2.88 bits per heavy atom. The number of terminal acetylenes is 1. The lowest BCUT2D eigenvalue weighted by molar-refractivity contribution is -0.121. The van der Waals surface area contributed by atoms with Crippen molar-refractivity contribution in [3.8, 4) is 12.3 Å². The van der Waals surface area contributed by atoms with Gasteiger partial charge in [0, 0.05) is 23.9 Å². The van der Waals surface area contributed by atoms with Gasteiger partial charge in [0.05, 0.1) is 0 Å². The summed E-state index contributed by atoms with van der Waals surface area (Å²) in [5, 5.41) is 2.86. The number of carbonyl (C=O) groups excluding carboxylic acids is 1. The number of rotatable bonds is 5. The van der Waals surface area contributed by atoms with Crippen LogP contribution < -0.4 is 5.32 Å². The van der Waals surface area contributed by atoms with E-state index in [4.69, 9.17) is 6.42 Å². The standard InChI is InChI=1S/C13H14BrNO/c1-2-3-4-9-13(16)15-10-11-7-5-6-8-12(11)14/h1,5-8H,3-4,9-10H2,(H,15,16). The van der Waals surface area contributed by atoms with Gasteiger partial charge < -0.3 is 5.32 Å². The average Bonchev–Trinajstić information content (AvgIpc) is 2.28. The molecule has 0 aliphatic heterocycles. The molecule has 84 valence electrons. The zero-order chi connectivity index (χ0) is 11.8. The van der Waals surface area contributed by atoms with E-state index in [2.05, 4.69) is 27.2 Å². The summed E-state index contributed by atoms with van der Waals surface area (Å²) in [5.41, 5.74) is 1.08. The highest BCUT2D eigenvalue weighted by Gasteiger charge is 2.02. The highest BCUT2D eigenvalue weighted by Crippen LogP contribution is 2.15. The van der Waals surface area contributed by atoms with E-state index in [0.29, 0.717) is 19.4 Å². The fourth-order valence-electron chi connectivity index (χ4n) is 1.27. The van der Waals surface area contributed by atoms with Crippen molar-refractivity contribution < 1.29 is 4.79 Å². The van der Waals surface area contributed by atoms with Crippen LogP contribution in [0.5, 0.6) is 0 Å². The number of carbonyl (C=O) groups is 1. The first-order chi connectivity index (χ1) is 7.74. The number of hydrogen-bond acceptors (Lipinski definition) is 1. The van der Waals surface area contributed by atoms with E-state index in [1.165, 1.54) is 0 Å². The van der Waals surface area contributed by atoms with Crippen LogP contribution in [-0.4, -0.2) is 5.91 Å². The minimum atomic E-state index is 0.0472. The van der Waals surface area contributed by atoms with E-state index in [1.54, 1.807) is 0 Å². The minimum absolute atomic E-state index is 0.0472. The van der Waals surface area contributed by atoms with Crippen molar-refractivity contribution in [2.75, 3.05) is 0 Å². The quantitative estimate of drug-likeness (QED) is 0.652. The summed E-state index contributed by atoms with van der Waals surface area (Å²) in [6.45, 7) is 0.552. The third kappa shape index (κ3) is 4.50. The van der Waals surface area contributed by atoms with E-state index in [9.17, 15) is 4.79 Å². The summed E-state index contributed by atoms with van der Waals surface area (Å²) < 4.78 is 1.01. The van der Waals surface area contributed by atoms with Gasteiger partial charge in [-0.25, -0.2) is 0 Å². The Labute approximate surface area is 105 Å². The normalized spacial score (nSPS) is 9.50. The van der Waals surface area contributed by atoms with Gasteiger partial charge in [-0.3, -0.25) is 4.79 Å². The molecule has 3 heteroatoms. The lowest BCUT2D eigenvalue weighted by atomic mass is 10.2. The number of unbranched alkanes of at least 4 members (excludes halogenated alkanes) is 1. The Morgan fingerprint density at radius 2 is 2.19 bits per heavy atom. The van der Waals surface area contributed by atoms with Gasteiger partial charge in [0.15, 0.2) is 0 Å². The molecular formula is C13H14BrNO. The van der Waals surface area contributed by atoms with Gasteiger partial charge in [0.1, 0.15) is 0 Å². The molecule has 0 aliphatic rings. The molecule has 1 N–H and O–H groups in total. The lowest BCUT2D eigenvalue weighted by Gasteiger charge is -2.06. The Morgan fingerprint density at radius 1 is 1.44 bits per heavy atom. The van der Waals surface area contributed by atoms with Crippen LogP contribution in [0, 0.1) is 12.3 Å². The molecule has 0 spiro atoms. The molecule has 0 saturated heterocycles. The zero-order valence-corrected chi connectivity index (χ0v) is 10.6. The Hall–Kier alpha value is -1.27. The summed E-state index contributed by atoms with van der Waals surface area (Å²) in [4.78, 5) is 11.4. The molecule has 0 aromatic heterocycles. The maximum atomic E-state index is 11.4. The lowest BCUT2D eigenvalue weighted by Crippen LogP contribution is -2.22. The highest BCUT2D eigenvalue weighted by atomic mass is 79.9. The number of hydrogen-bond donors (Lipinski definition) is 1. The summed E-state index contributed by atoms with van der Waals surface area (Å²) >= 11 is 3.43. The van der Waals surface area contributed by atoms with Gasteiger partial charge in [-0.2, -0.15) is 0 Å². The van der Waals surface area contributed by atoms with Crippen molar-refractivity contribution in [1.29, 1.82) is 0 Å². The Balaban J connectivity index is 2.32. The van der Waals surface area contributed by atoms with Crippen LogP contribution in [0.3, 0.4) is 0 Å². The fourth-order valence-corrected chi connectivity index (χ4v) is 1.70. The van der Waals surface area contributed by atoms with Gasteiger partial charge in [0.2, 0.25) is 5.91 Å². The van der Waals surface area contributed by atoms with Crippen molar-refractivity contribution in [2.24, 2.45) is 0 Å². The molecule has 1 amide bonds. The molecule has 16 heavy (non-hydrogen) atoms. The molecule has 0 radical (unpaired) electrons. The van der Waals surface area contributed by atoms with Crippen molar-refractivity contribution in [3.05, 3.63) is 34.3 Å². The van der Waals surface area contributed by atoms with E-state index in [1.807, 2.05) is 24.3 Å². The maximum absolute atomic E-state index is 11.4. The van der Waals surface area contributed by atoms with Crippen LogP contribution in [0.4, 0.5) is 0 Å². The highest BCUT2D eigenvalue weighted by molar-refractivity contribution is 9.10. The molecule has 0 heterocycles. The van der Waals surface area contributed by atoms with Crippen LogP contribution in [0.2, 0.25) is 0 Å². The molecule has 0 unspecified atom stereocenters. The van der Waals surface area contributed by atoms with Gasteiger partial charge in [-0.1, -0.05) is 34.1 Å². The molecule has 1 aromatic carbocycles. The van der Waals surface area contributed by atoms with Crippen LogP contribution in [0.15, 0.2) is 28.7 Å². The van der Waals surface area contributed by atoms with E-state index in [0.717, 1.165) is 16.5 Å². The van der Waals surface area contributed by atoms with Crippen LogP contribution >= 0.6 is 15.9 Å². The summed E-state index contributed by atoms with van der Waals surface area (Å²) in [5.74, 6) is 2.57. The first-order valence-corrected chi connectivity index (χ1v) is 5.97. The average molecular weight is 280 g/mol. The van der Waals surface area contributed by atoms with Crippen LogP contribution in [-0.2, 0) is 11.3 Å². The molecule has 0 aliphatic carbocycles. The third-order valence-electron chi connectivity index (χ3n) is 2.16. The molecule has 0 saturated carbocycles. The third-order valence-corrected chi connectivity index (χ3v) is 2.93. The topological polar surface area (TPSA) is 29.1 Å². The number of benzene rings is 1. The van der Waals surface area contributed by atoms with E-state index in [-0.39, 0.29) is 5.91 Å². The predicted molar refractivity (Wildman–Crippen MR) is 68.7 cm³/mol. The number of halogens is 1. The van der Waals surface area contributed by atoms with Gasteiger partial charge in [-0.05, 0) is 18.1 Å². The molecule has 0 fully saturated rings. The maximum Gasteiger partial charge on any atom is 0.220 e. The number of amides is 1. The largest absolute Gasteiger partial charge is 0.352 e. The molecule has 0 bridgehead atoms. The summed E-state index contributed by atoms with van der Waals surface area (Å²) in [6.07, 6.45) is 7.01. The van der Waals surface area contributed by atoms with Crippen molar-refractivity contribution in [2.45, 2.75) is 25.8 Å². The van der Waals surface area contributed by atoms with Crippen LogP contribution in [0.1, 0.15) is 24.8 Å². The molecular weight excluding hydrogens is 266 g/mol. The molecule has 1 aromatic rings. The second-order valence-corrected chi connectivity index (χ2v) is 4.28. The first kappa shape index (κ1) is 12.8. The van der Waals surface area contributed by atoms with Gasteiger partial charge in [0.25, 0.3) is 0 Å². The molecule has 1 rings (SSSR count). The van der Waals surface area contributed by atoms with Crippen molar-refractivity contribution in [1.82, 2.24) is 5.32 Å². The smallest absolute Gasteiger partial charge is 0.220 e. The van der Waals surface area contributed by atoms with Crippen molar-refractivity contribution in [3.63, 3.8) is 0 Å². The summed E-state index contributed by atoms with van der Waals surface area (Å²) in [7, 11) is 0. The monoisotopic (exact) mass is 279 g/mol. The first-order valence-electron chi connectivity index (χ1n) is 5.17. The Bertz CT molecular complexity index is 395. The van der Waals surface area contributed by atoms with Gasteiger partial charge in [-0.15, -0.1) is 12.3 Å². The molecule has 0 atom stereocenters. The number of nitrogens with one attached hydrogen (secondary N) is 1. The SMILES string of the molecule is C#CCCCC(=O)NCc1ccccc1Br. The van der Waals surface area contributed by atoms with E-state index >= 15 is 0 Å². The Kier molecular flexibility index (Phi) is 5.66. The minimum Gasteiger partial charge on any atom is -0.352 e. The van der Waals surface area contributed by atoms with E-state index < -0.39 is 0 Å². The predicted octanol–water partition coefficient (Wildman–Crippen LogP) is 2.87. The summed E-state index contributed by atoms with van der Waals surface area (Å²) in [6, 6.07) is 7.83. The second-order valence-electron chi connectivity index (χ2n) is 3.43. The second kappa shape index (κ2) is 7.08. The molecule has 2 nitrogen and oxygen atoms in total. The van der Waals surface area contributed by atoms with Crippen molar-refractivity contribution >= 4 is 21.8 Å². The fraction of sp³-hybridized carbons (Fsp3) is 0.308. The van der Waals surface area contributed by atoms with Gasteiger partial charge >= 0.3 is 0 Å². The zero-order valence-electron chi connectivity index (χ0n) is 9.00.